The Balaban J connectivity index is 3.69. The summed E-state index contributed by atoms with van der Waals surface area (Å²) in [6.45, 7) is 6.35. The number of carbonyl (C=O) groups is 3. The second-order valence-corrected chi connectivity index (χ2v) is 12.2. The number of ketones is 1. The van der Waals surface area contributed by atoms with Crippen molar-refractivity contribution < 1.29 is 29.0 Å². The molecule has 1 atom stereocenters. The zero-order valence-electron chi connectivity index (χ0n) is 28.3. The summed E-state index contributed by atoms with van der Waals surface area (Å²) in [4.78, 5) is 35.8. The molecular formula is C38H64O6. The first-order chi connectivity index (χ1) is 21.3. The molecule has 0 radical (unpaired) electrons. The lowest BCUT2D eigenvalue weighted by molar-refractivity contribution is -0.152. The normalized spacial score (nSPS) is 12.8. The molecule has 6 nitrogen and oxygen atoms in total. The molecular weight excluding hydrogens is 552 g/mol. The zero-order valence-corrected chi connectivity index (χ0v) is 28.3. The van der Waals surface area contributed by atoms with Crippen molar-refractivity contribution in [1.82, 2.24) is 0 Å². The molecule has 0 fully saturated rings. The Morgan fingerprint density at radius 3 is 1.77 bits per heavy atom. The van der Waals surface area contributed by atoms with Crippen molar-refractivity contribution in [2.75, 3.05) is 13.2 Å². The van der Waals surface area contributed by atoms with E-state index in [9.17, 15) is 19.5 Å². The monoisotopic (exact) mass is 616 g/mol. The first-order valence-corrected chi connectivity index (χ1v) is 17.5. The van der Waals surface area contributed by atoms with Crippen molar-refractivity contribution in [3.8, 4) is 0 Å². The molecule has 0 saturated heterocycles. The third kappa shape index (κ3) is 32.4. The van der Waals surface area contributed by atoms with Crippen molar-refractivity contribution in [3.05, 3.63) is 48.6 Å². The minimum absolute atomic E-state index is 0.0503. The maximum atomic E-state index is 12.0. The van der Waals surface area contributed by atoms with Gasteiger partial charge in [0.15, 0.2) is 5.78 Å². The summed E-state index contributed by atoms with van der Waals surface area (Å²) < 4.78 is 10.1. The molecule has 0 amide bonds. The average Bonchev–Trinajstić information content (AvgIpc) is 2.99. The Morgan fingerprint density at radius 2 is 1.16 bits per heavy atom. The van der Waals surface area contributed by atoms with E-state index in [2.05, 4.69) is 45.1 Å². The van der Waals surface area contributed by atoms with Gasteiger partial charge in [-0.2, -0.15) is 0 Å². The van der Waals surface area contributed by atoms with Crippen LogP contribution < -0.4 is 0 Å². The zero-order chi connectivity index (χ0) is 32.5. The quantitative estimate of drug-likeness (QED) is 0.0284. The fourth-order valence-electron chi connectivity index (χ4n) is 4.52. The maximum Gasteiger partial charge on any atom is 0.305 e. The number of hydrogen-bond donors (Lipinski definition) is 1. The second kappa shape index (κ2) is 31.9. The first-order valence-electron chi connectivity index (χ1n) is 17.5. The molecule has 0 aromatic heterocycles. The molecule has 44 heavy (non-hydrogen) atoms. The predicted octanol–water partition coefficient (Wildman–Crippen LogP) is 9.71. The summed E-state index contributed by atoms with van der Waals surface area (Å²) in [7, 11) is 0. The fraction of sp³-hybridized carbons (Fsp3) is 0.711. The van der Waals surface area contributed by atoms with Crippen molar-refractivity contribution in [3.63, 3.8) is 0 Å². The Bertz CT molecular complexity index is 823. The van der Waals surface area contributed by atoms with E-state index < -0.39 is 12.1 Å². The van der Waals surface area contributed by atoms with Gasteiger partial charge in [0.1, 0.15) is 19.3 Å². The first kappa shape index (κ1) is 41.5. The van der Waals surface area contributed by atoms with E-state index in [0.717, 1.165) is 44.4 Å². The lowest BCUT2D eigenvalue weighted by Gasteiger charge is -2.12. The van der Waals surface area contributed by atoms with Gasteiger partial charge in [-0.15, -0.1) is 0 Å². The van der Waals surface area contributed by atoms with E-state index >= 15 is 0 Å². The van der Waals surface area contributed by atoms with Gasteiger partial charge in [-0.05, 0) is 50.5 Å². The number of allylic oxidation sites excluding steroid dienone is 8. The molecule has 1 N–H and O–H groups in total. The van der Waals surface area contributed by atoms with Gasteiger partial charge in [-0.25, -0.2) is 0 Å². The highest BCUT2D eigenvalue weighted by molar-refractivity contribution is 5.90. The van der Waals surface area contributed by atoms with Gasteiger partial charge in [0.05, 0.1) is 0 Å². The van der Waals surface area contributed by atoms with Gasteiger partial charge in [-0.1, -0.05) is 134 Å². The summed E-state index contributed by atoms with van der Waals surface area (Å²) >= 11 is 0. The van der Waals surface area contributed by atoms with Crippen LogP contribution in [0.4, 0.5) is 0 Å². The molecule has 0 heterocycles. The molecule has 0 bridgehead atoms. The van der Waals surface area contributed by atoms with Crippen LogP contribution in [0.5, 0.6) is 0 Å². The third-order valence-corrected chi connectivity index (χ3v) is 7.22. The smallest absolute Gasteiger partial charge is 0.305 e. The van der Waals surface area contributed by atoms with E-state index in [-0.39, 0.29) is 37.8 Å². The Labute approximate surface area is 269 Å². The number of aliphatic hydroxyl groups excluding tert-OH is 1. The van der Waals surface area contributed by atoms with Gasteiger partial charge in [-0.3, -0.25) is 14.4 Å². The summed E-state index contributed by atoms with van der Waals surface area (Å²) in [5, 5.41) is 9.95. The number of esters is 2. The topological polar surface area (TPSA) is 89.9 Å². The highest BCUT2D eigenvalue weighted by Gasteiger charge is 2.12. The van der Waals surface area contributed by atoms with Crippen molar-refractivity contribution in [1.29, 1.82) is 0 Å². The number of ether oxygens (including phenoxy) is 2. The minimum atomic E-state index is -1.05. The number of aliphatic hydroxyl groups is 1. The number of rotatable bonds is 30. The average molecular weight is 617 g/mol. The third-order valence-electron chi connectivity index (χ3n) is 7.22. The highest BCUT2D eigenvalue weighted by atomic mass is 16.6. The number of unbranched alkanes of at least 4 members (excludes halogenated alkanes) is 11. The Kier molecular flexibility index (Phi) is 30.1. The molecule has 0 unspecified atom stereocenters. The van der Waals surface area contributed by atoms with Crippen molar-refractivity contribution in [2.45, 2.75) is 155 Å². The van der Waals surface area contributed by atoms with Crippen LogP contribution >= 0.6 is 0 Å². The molecule has 0 rings (SSSR count). The molecule has 0 aromatic rings. The summed E-state index contributed by atoms with van der Waals surface area (Å²) in [5.74, 6) is -0.0608. The summed E-state index contributed by atoms with van der Waals surface area (Å²) in [5.41, 5.74) is 0. The number of carbonyl (C=O) groups excluding carboxylic acids is 3. The SMILES string of the molecule is CCCCC/C=C\C/C=C\C/C=C\C=C\C(=O)CCCC(=O)OC[C@@H](O)COC(=O)CCCCCCCCCCCC(C)C. The van der Waals surface area contributed by atoms with E-state index in [0.29, 0.717) is 12.8 Å². The summed E-state index contributed by atoms with van der Waals surface area (Å²) in [6.07, 6.45) is 34.5. The van der Waals surface area contributed by atoms with Crippen LogP contribution in [0.1, 0.15) is 149 Å². The Hall–Kier alpha value is -2.47. The van der Waals surface area contributed by atoms with Gasteiger partial charge >= 0.3 is 11.9 Å². The maximum absolute atomic E-state index is 12.0. The van der Waals surface area contributed by atoms with Gasteiger partial charge in [0, 0.05) is 19.3 Å². The van der Waals surface area contributed by atoms with Crippen molar-refractivity contribution in [2.24, 2.45) is 5.92 Å². The van der Waals surface area contributed by atoms with Crippen LogP contribution in [0.25, 0.3) is 0 Å². The van der Waals surface area contributed by atoms with E-state index in [1.165, 1.54) is 70.3 Å². The van der Waals surface area contributed by atoms with Gasteiger partial charge < -0.3 is 14.6 Å². The predicted molar refractivity (Wildman–Crippen MR) is 182 cm³/mol. The molecule has 0 aliphatic rings. The molecule has 0 aliphatic carbocycles. The van der Waals surface area contributed by atoms with Crippen LogP contribution in [0.3, 0.4) is 0 Å². The Morgan fingerprint density at radius 1 is 0.614 bits per heavy atom. The lowest BCUT2D eigenvalue weighted by Crippen LogP contribution is -2.25. The summed E-state index contributed by atoms with van der Waals surface area (Å²) in [6, 6.07) is 0. The highest BCUT2D eigenvalue weighted by Crippen LogP contribution is 2.13. The molecule has 252 valence electrons. The van der Waals surface area contributed by atoms with Crippen LogP contribution in [0, 0.1) is 5.92 Å². The van der Waals surface area contributed by atoms with Crippen LogP contribution in [0.2, 0.25) is 0 Å². The second-order valence-electron chi connectivity index (χ2n) is 12.2. The van der Waals surface area contributed by atoms with Crippen molar-refractivity contribution >= 4 is 17.7 Å². The lowest BCUT2D eigenvalue weighted by atomic mass is 10.0. The standard InChI is InChI=1S/C38H64O6/c1-4-5-6-7-8-9-10-11-12-15-18-21-24-28-35(39)29-26-31-38(42)44-33-36(40)32-43-37(41)30-25-22-19-16-13-14-17-20-23-27-34(2)3/h8-9,11-12,18,21,24,28,34,36,40H,4-7,10,13-17,19-20,22-23,25-27,29-33H2,1-3H3/b9-8-,12-11-,21-18-,28-24+/t36-/m0/s1. The van der Waals surface area contributed by atoms with E-state index in [4.69, 9.17) is 9.47 Å². The van der Waals surface area contributed by atoms with Gasteiger partial charge in [0.25, 0.3) is 0 Å². The fourth-order valence-corrected chi connectivity index (χ4v) is 4.52. The molecule has 0 spiro atoms. The van der Waals surface area contributed by atoms with Crippen LogP contribution in [0.15, 0.2) is 48.6 Å². The molecule has 6 heteroatoms. The molecule has 0 aromatic carbocycles. The van der Waals surface area contributed by atoms with E-state index in [1.54, 1.807) is 6.08 Å². The van der Waals surface area contributed by atoms with Gasteiger partial charge in [0.2, 0.25) is 0 Å². The molecule has 0 saturated carbocycles. The largest absolute Gasteiger partial charge is 0.463 e. The van der Waals surface area contributed by atoms with Crippen LogP contribution in [-0.4, -0.2) is 42.1 Å². The van der Waals surface area contributed by atoms with E-state index in [1.807, 2.05) is 12.2 Å². The molecule has 0 aliphatic heterocycles. The minimum Gasteiger partial charge on any atom is -0.463 e. The number of hydrogen-bond acceptors (Lipinski definition) is 6. The van der Waals surface area contributed by atoms with Crippen LogP contribution in [-0.2, 0) is 23.9 Å².